The molecule has 0 aromatic rings. The lowest BCUT2D eigenvalue weighted by Gasteiger charge is -2.39. The summed E-state index contributed by atoms with van der Waals surface area (Å²) in [6.07, 6.45) is -0.541. The van der Waals surface area contributed by atoms with Crippen molar-refractivity contribution in [2.45, 2.75) is 19.4 Å². The molecule has 0 saturated carbocycles. The molecular weight excluding hydrogens is 278 g/mol. The molecule has 2 rings (SSSR count). The van der Waals surface area contributed by atoms with Crippen molar-refractivity contribution in [3.63, 3.8) is 0 Å². The monoisotopic (exact) mass is 299 g/mol. The zero-order chi connectivity index (χ0) is 15.4. The highest BCUT2D eigenvalue weighted by Gasteiger charge is 2.30. The molecule has 0 radical (unpaired) electrons. The second-order valence-electron chi connectivity index (χ2n) is 5.31. The largest absolute Gasteiger partial charge is 0.481 e. The molecule has 2 aliphatic rings. The summed E-state index contributed by atoms with van der Waals surface area (Å²) in [5.74, 6) is -0.903. The molecule has 0 bridgehead atoms. The minimum absolute atomic E-state index is 0.0231. The highest BCUT2D eigenvalue weighted by Crippen LogP contribution is 2.13. The Labute approximate surface area is 123 Å². The normalized spacial score (nSPS) is 23.1. The molecular formula is C13H21N3O5. The van der Waals surface area contributed by atoms with Crippen LogP contribution in [0.3, 0.4) is 0 Å². The molecule has 21 heavy (non-hydrogen) atoms. The fourth-order valence-electron chi connectivity index (χ4n) is 2.62. The molecule has 1 atom stereocenters. The van der Waals surface area contributed by atoms with Gasteiger partial charge in [0.05, 0.1) is 19.1 Å². The third kappa shape index (κ3) is 4.07. The number of nitrogens with zero attached hydrogens (tertiary/aromatic N) is 3. The van der Waals surface area contributed by atoms with Gasteiger partial charge in [0.15, 0.2) is 0 Å². The van der Waals surface area contributed by atoms with Gasteiger partial charge in [0.25, 0.3) is 0 Å². The molecule has 1 unspecified atom stereocenters. The number of hydrogen-bond acceptors (Lipinski definition) is 4. The quantitative estimate of drug-likeness (QED) is 0.738. The van der Waals surface area contributed by atoms with Crippen LogP contribution in [0.4, 0.5) is 4.79 Å². The Morgan fingerprint density at radius 1 is 1.05 bits per heavy atom. The van der Waals surface area contributed by atoms with E-state index in [-0.39, 0.29) is 18.4 Å². The lowest BCUT2D eigenvalue weighted by molar-refractivity contribution is -0.141. The summed E-state index contributed by atoms with van der Waals surface area (Å²) in [5.41, 5.74) is 0. The van der Waals surface area contributed by atoms with Crippen molar-refractivity contribution in [1.29, 1.82) is 0 Å². The predicted molar refractivity (Wildman–Crippen MR) is 72.8 cm³/mol. The van der Waals surface area contributed by atoms with Gasteiger partial charge in [-0.15, -0.1) is 0 Å². The molecule has 0 aliphatic carbocycles. The first kappa shape index (κ1) is 15.6. The van der Waals surface area contributed by atoms with Crippen LogP contribution in [0, 0.1) is 0 Å². The molecule has 2 saturated heterocycles. The molecule has 0 spiro atoms. The second-order valence-corrected chi connectivity index (χ2v) is 5.31. The SMILES string of the molecule is CC(=O)N1CCN(C(=O)N2CCOC(CC(=O)O)C2)CC1. The molecule has 0 aromatic heterocycles. The number of carbonyl (C=O) groups is 3. The maximum absolute atomic E-state index is 12.4. The second kappa shape index (κ2) is 6.75. The van der Waals surface area contributed by atoms with Crippen LogP contribution in [0.25, 0.3) is 0 Å². The molecule has 118 valence electrons. The number of hydrogen-bond donors (Lipinski definition) is 1. The van der Waals surface area contributed by atoms with Crippen molar-refractivity contribution < 1.29 is 24.2 Å². The van der Waals surface area contributed by atoms with Gasteiger partial charge >= 0.3 is 12.0 Å². The Balaban J connectivity index is 1.85. The molecule has 1 N–H and O–H groups in total. The number of carboxylic acids is 1. The topological polar surface area (TPSA) is 90.4 Å². The summed E-state index contributed by atoms with van der Waals surface area (Å²) >= 11 is 0. The summed E-state index contributed by atoms with van der Waals surface area (Å²) in [7, 11) is 0. The van der Waals surface area contributed by atoms with Crippen molar-refractivity contribution in [1.82, 2.24) is 14.7 Å². The van der Waals surface area contributed by atoms with E-state index in [0.717, 1.165) is 0 Å². The van der Waals surface area contributed by atoms with E-state index in [4.69, 9.17) is 9.84 Å². The van der Waals surface area contributed by atoms with Crippen LogP contribution in [-0.4, -0.2) is 89.7 Å². The van der Waals surface area contributed by atoms with Crippen LogP contribution in [0.2, 0.25) is 0 Å². The Bertz CT molecular complexity index is 420. The van der Waals surface area contributed by atoms with E-state index >= 15 is 0 Å². The predicted octanol–water partition coefficient (Wildman–Crippen LogP) is -0.554. The van der Waals surface area contributed by atoms with E-state index in [0.29, 0.717) is 45.9 Å². The van der Waals surface area contributed by atoms with Crippen molar-refractivity contribution in [3.05, 3.63) is 0 Å². The molecule has 2 fully saturated rings. The summed E-state index contributed by atoms with van der Waals surface area (Å²) in [6, 6.07) is -0.100. The first-order valence-corrected chi connectivity index (χ1v) is 7.10. The minimum atomic E-state index is -0.927. The first-order chi connectivity index (χ1) is 9.97. The number of carbonyl (C=O) groups excluding carboxylic acids is 2. The Kier molecular flexibility index (Phi) is 5.00. The van der Waals surface area contributed by atoms with Gasteiger partial charge in [0.2, 0.25) is 5.91 Å². The maximum Gasteiger partial charge on any atom is 0.320 e. The highest BCUT2D eigenvalue weighted by molar-refractivity contribution is 5.76. The number of aliphatic carboxylic acids is 1. The minimum Gasteiger partial charge on any atom is -0.481 e. The van der Waals surface area contributed by atoms with Gasteiger partial charge < -0.3 is 24.5 Å². The zero-order valence-corrected chi connectivity index (χ0v) is 12.2. The lowest BCUT2D eigenvalue weighted by atomic mass is 10.2. The van der Waals surface area contributed by atoms with Crippen LogP contribution in [0.5, 0.6) is 0 Å². The summed E-state index contributed by atoms with van der Waals surface area (Å²) in [4.78, 5) is 39.5. The van der Waals surface area contributed by atoms with E-state index in [1.165, 1.54) is 6.92 Å². The number of piperazine rings is 1. The van der Waals surface area contributed by atoms with Gasteiger partial charge in [-0.3, -0.25) is 9.59 Å². The van der Waals surface area contributed by atoms with Crippen molar-refractivity contribution >= 4 is 17.9 Å². The van der Waals surface area contributed by atoms with Gasteiger partial charge in [0, 0.05) is 46.2 Å². The smallest absolute Gasteiger partial charge is 0.320 e. The number of amides is 3. The lowest BCUT2D eigenvalue weighted by Crippen LogP contribution is -2.56. The van der Waals surface area contributed by atoms with Crippen LogP contribution in [-0.2, 0) is 14.3 Å². The van der Waals surface area contributed by atoms with E-state index in [1.54, 1.807) is 14.7 Å². The van der Waals surface area contributed by atoms with E-state index in [1.807, 2.05) is 0 Å². The number of carboxylic acid groups (broad SMARTS) is 1. The molecule has 0 aromatic carbocycles. The van der Waals surface area contributed by atoms with Gasteiger partial charge in [-0.05, 0) is 0 Å². The van der Waals surface area contributed by atoms with Crippen LogP contribution < -0.4 is 0 Å². The average Bonchev–Trinajstić information content (AvgIpc) is 2.46. The summed E-state index contributed by atoms with van der Waals surface area (Å²) < 4.78 is 5.36. The van der Waals surface area contributed by atoms with Gasteiger partial charge in [-0.1, -0.05) is 0 Å². The standard InChI is InChI=1S/C13H21N3O5/c1-10(17)14-2-4-15(5-3-14)13(20)16-6-7-21-11(9-16)8-12(18)19/h11H,2-9H2,1H3,(H,18,19). The van der Waals surface area contributed by atoms with Crippen LogP contribution in [0.1, 0.15) is 13.3 Å². The van der Waals surface area contributed by atoms with E-state index in [2.05, 4.69) is 0 Å². The van der Waals surface area contributed by atoms with Crippen molar-refractivity contribution in [2.75, 3.05) is 45.9 Å². The van der Waals surface area contributed by atoms with Crippen molar-refractivity contribution in [3.8, 4) is 0 Å². The van der Waals surface area contributed by atoms with E-state index in [9.17, 15) is 14.4 Å². The molecule has 8 nitrogen and oxygen atoms in total. The molecule has 3 amide bonds. The highest BCUT2D eigenvalue weighted by atomic mass is 16.5. The summed E-state index contributed by atoms with van der Waals surface area (Å²) in [5, 5.41) is 8.79. The molecule has 2 heterocycles. The van der Waals surface area contributed by atoms with E-state index < -0.39 is 12.1 Å². The summed E-state index contributed by atoms with van der Waals surface area (Å²) in [6.45, 7) is 4.78. The van der Waals surface area contributed by atoms with Crippen LogP contribution in [0.15, 0.2) is 0 Å². The van der Waals surface area contributed by atoms with Gasteiger partial charge in [0.1, 0.15) is 0 Å². The third-order valence-electron chi connectivity index (χ3n) is 3.81. The fraction of sp³-hybridized carbons (Fsp3) is 0.769. The Morgan fingerprint density at radius 3 is 2.24 bits per heavy atom. The van der Waals surface area contributed by atoms with Crippen LogP contribution >= 0.6 is 0 Å². The maximum atomic E-state index is 12.4. The fourth-order valence-corrected chi connectivity index (χ4v) is 2.62. The van der Waals surface area contributed by atoms with Gasteiger partial charge in [-0.2, -0.15) is 0 Å². The third-order valence-corrected chi connectivity index (χ3v) is 3.81. The molecule has 8 heteroatoms. The zero-order valence-electron chi connectivity index (χ0n) is 12.2. The Morgan fingerprint density at radius 2 is 1.67 bits per heavy atom. The number of morpholine rings is 1. The van der Waals surface area contributed by atoms with Crippen molar-refractivity contribution in [2.24, 2.45) is 0 Å². The number of ether oxygens (including phenoxy) is 1. The average molecular weight is 299 g/mol. The first-order valence-electron chi connectivity index (χ1n) is 7.10. The molecule has 2 aliphatic heterocycles. The Hall–Kier alpha value is -1.83. The number of rotatable bonds is 2. The number of urea groups is 1. The van der Waals surface area contributed by atoms with Gasteiger partial charge in [-0.25, -0.2) is 4.79 Å².